The molecule has 0 saturated heterocycles. The maximum Gasteiger partial charge on any atom is 0.244 e. The summed E-state index contributed by atoms with van der Waals surface area (Å²) in [5.74, 6) is 1.57. The first-order chi connectivity index (χ1) is 13.5. The van der Waals surface area contributed by atoms with E-state index in [0.717, 1.165) is 0 Å². The molecule has 2 aromatic rings. The van der Waals surface area contributed by atoms with Crippen molar-refractivity contribution in [3.63, 3.8) is 0 Å². The zero-order valence-electron chi connectivity index (χ0n) is 16.0. The van der Waals surface area contributed by atoms with Gasteiger partial charge in [0.25, 0.3) is 0 Å². The summed E-state index contributed by atoms with van der Waals surface area (Å²) in [4.78, 5) is 26.1. The summed E-state index contributed by atoms with van der Waals surface area (Å²) in [5.41, 5.74) is 1.00. The molecule has 1 aliphatic heterocycles. The van der Waals surface area contributed by atoms with Crippen LogP contribution in [0.3, 0.4) is 0 Å². The van der Waals surface area contributed by atoms with E-state index in [2.05, 4.69) is 5.32 Å². The lowest BCUT2D eigenvalue weighted by atomic mass is 10.2. The van der Waals surface area contributed by atoms with Crippen LogP contribution in [-0.2, 0) is 9.59 Å². The lowest BCUT2D eigenvalue weighted by Gasteiger charge is -2.24. The number of fused-ring (bicyclic) bond motifs is 1. The minimum Gasteiger partial charge on any atom is -0.497 e. The minimum absolute atomic E-state index is 0.171. The van der Waals surface area contributed by atoms with Crippen molar-refractivity contribution in [3.8, 4) is 23.0 Å². The normalized spacial score (nSPS) is 12.1. The van der Waals surface area contributed by atoms with E-state index in [4.69, 9.17) is 18.9 Å². The molecule has 0 radical (unpaired) electrons. The van der Waals surface area contributed by atoms with Crippen molar-refractivity contribution in [3.05, 3.63) is 36.4 Å². The van der Waals surface area contributed by atoms with Crippen molar-refractivity contribution in [2.75, 3.05) is 44.2 Å². The van der Waals surface area contributed by atoms with Gasteiger partial charge in [0.05, 0.1) is 19.9 Å². The summed E-state index contributed by atoms with van der Waals surface area (Å²) in [5, 5.41) is 2.76. The average Bonchev–Trinajstić information content (AvgIpc) is 2.71. The van der Waals surface area contributed by atoms with E-state index < -0.39 is 0 Å². The van der Waals surface area contributed by atoms with Gasteiger partial charge in [0.15, 0.2) is 11.5 Å². The first-order valence-electron chi connectivity index (χ1n) is 8.71. The molecule has 3 rings (SSSR count). The molecular weight excluding hydrogens is 364 g/mol. The van der Waals surface area contributed by atoms with Gasteiger partial charge in [0.1, 0.15) is 31.3 Å². The molecular formula is C20H22N2O6. The molecule has 2 aromatic carbocycles. The summed E-state index contributed by atoms with van der Waals surface area (Å²) in [7, 11) is 3.04. The number of nitrogens with zero attached hydrogens (tertiary/aromatic N) is 1. The van der Waals surface area contributed by atoms with Crippen molar-refractivity contribution in [2.24, 2.45) is 0 Å². The smallest absolute Gasteiger partial charge is 0.244 e. The molecule has 2 amide bonds. The topological polar surface area (TPSA) is 86.3 Å². The van der Waals surface area contributed by atoms with Crippen LogP contribution in [0.4, 0.5) is 11.4 Å². The molecule has 0 spiro atoms. The standard InChI is InChI=1S/C20H22N2O6/c1-13(23)22(14-4-6-18-19(10-14)28-9-8-27-18)12-20(24)21-16-11-15(25-2)5-7-17(16)26-3/h4-7,10-11H,8-9,12H2,1-3H3,(H,21,24). The molecule has 0 saturated carbocycles. The largest absolute Gasteiger partial charge is 0.497 e. The van der Waals surface area contributed by atoms with Crippen LogP contribution >= 0.6 is 0 Å². The number of amides is 2. The molecule has 0 aliphatic carbocycles. The predicted octanol–water partition coefficient (Wildman–Crippen LogP) is 2.47. The Morgan fingerprint density at radius 1 is 1.04 bits per heavy atom. The van der Waals surface area contributed by atoms with Crippen molar-refractivity contribution in [2.45, 2.75) is 6.92 Å². The van der Waals surface area contributed by atoms with Crippen LogP contribution in [-0.4, -0.2) is 45.8 Å². The number of benzene rings is 2. The third-order valence-electron chi connectivity index (χ3n) is 4.20. The first kappa shape index (κ1) is 19.3. The Balaban J connectivity index is 1.78. The van der Waals surface area contributed by atoms with Crippen molar-refractivity contribution in [1.82, 2.24) is 0 Å². The van der Waals surface area contributed by atoms with E-state index in [0.29, 0.717) is 47.6 Å². The summed E-state index contributed by atoms with van der Waals surface area (Å²) in [6, 6.07) is 10.2. The number of carbonyl (C=O) groups is 2. The van der Waals surface area contributed by atoms with Gasteiger partial charge in [0.2, 0.25) is 11.8 Å². The Hall–Kier alpha value is -3.42. The molecule has 1 heterocycles. The first-order valence-corrected chi connectivity index (χ1v) is 8.71. The second kappa shape index (κ2) is 8.51. The van der Waals surface area contributed by atoms with Crippen molar-refractivity contribution in [1.29, 1.82) is 0 Å². The van der Waals surface area contributed by atoms with E-state index in [9.17, 15) is 9.59 Å². The second-order valence-corrected chi connectivity index (χ2v) is 6.05. The number of hydrogen-bond acceptors (Lipinski definition) is 6. The van der Waals surface area contributed by atoms with Gasteiger partial charge in [-0.3, -0.25) is 9.59 Å². The second-order valence-electron chi connectivity index (χ2n) is 6.05. The lowest BCUT2D eigenvalue weighted by Crippen LogP contribution is -2.36. The summed E-state index contributed by atoms with van der Waals surface area (Å²) >= 11 is 0. The Morgan fingerprint density at radius 3 is 2.46 bits per heavy atom. The maximum absolute atomic E-state index is 12.6. The van der Waals surface area contributed by atoms with Gasteiger partial charge in [0, 0.05) is 24.7 Å². The molecule has 148 valence electrons. The van der Waals surface area contributed by atoms with Crippen LogP contribution in [0.25, 0.3) is 0 Å². The number of ether oxygens (including phenoxy) is 4. The molecule has 8 nitrogen and oxygen atoms in total. The quantitative estimate of drug-likeness (QED) is 0.821. The van der Waals surface area contributed by atoms with E-state index in [1.807, 2.05) is 0 Å². The lowest BCUT2D eigenvalue weighted by molar-refractivity contribution is -0.120. The number of methoxy groups -OCH3 is 2. The number of nitrogens with one attached hydrogen (secondary N) is 1. The van der Waals surface area contributed by atoms with Gasteiger partial charge in [-0.2, -0.15) is 0 Å². The summed E-state index contributed by atoms with van der Waals surface area (Å²) in [6.45, 7) is 2.14. The zero-order valence-corrected chi connectivity index (χ0v) is 16.0. The van der Waals surface area contributed by atoms with Crippen molar-refractivity contribution >= 4 is 23.2 Å². The highest BCUT2D eigenvalue weighted by Gasteiger charge is 2.20. The predicted molar refractivity (Wildman–Crippen MR) is 104 cm³/mol. The van der Waals surface area contributed by atoms with Crippen LogP contribution in [0.15, 0.2) is 36.4 Å². The van der Waals surface area contributed by atoms with E-state index in [1.165, 1.54) is 26.0 Å². The van der Waals surface area contributed by atoms with E-state index in [1.54, 1.807) is 36.4 Å². The zero-order chi connectivity index (χ0) is 20.1. The average molecular weight is 386 g/mol. The van der Waals surface area contributed by atoms with Crippen molar-refractivity contribution < 1.29 is 28.5 Å². The highest BCUT2D eigenvalue weighted by molar-refractivity contribution is 6.02. The third kappa shape index (κ3) is 4.28. The fourth-order valence-electron chi connectivity index (χ4n) is 2.83. The van der Waals surface area contributed by atoms with Gasteiger partial charge < -0.3 is 29.2 Å². The van der Waals surface area contributed by atoms with Gasteiger partial charge in [-0.15, -0.1) is 0 Å². The third-order valence-corrected chi connectivity index (χ3v) is 4.20. The number of carbonyl (C=O) groups excluding carboxylic acids is 2. The minimum atomic E-state index is -0.378. The van der Waals surface area contributed by atoms with E-state index >= 15 is 0 Å². The fourth-order valence-corrected chi connectivity index (χ4v) is 2.83. The Labute approximate surface area is 162 Å². The number of anilines is 2. The number of rotatable bonds is 6. The molecule has 1 N–H and O–H groups in total. The highest BCUT2D eigenvalue weighted by atomic mass is 16.6. The monoisotopic (exact) mass is 386 g/mol. The molecule has 0 fully saturated rings. The maximum atomic E-state index is 12.6. The molecule has 0 atom stereocenters. The van der Waals surface area contributed by atoms with Crippen LogP contribution in [0.2, 0.25) is 0 Å². The van der Waals surface area contributed by atoms with Crippen LogP contribution in [0.1, 0.15) is 6.92 Å². The van der Waals surface area contributed by atoms with Crippen LogP contribution < -0.4 is 29.2 Å². The van der Waals surface area contributed by atoms with Gasteiger partial charge >= 0.3 is 0 Å². The Bertz CT molecular complexity index is 883. The SMILES string of the molecule is COc1ccc(OC)c(NC(=O)CN(C(C)=O)c2ccc3c(c2)OCCO3)c1. The fraction of sp³-hybridized carbons (Fsp3) is 0.300. The molecule has 8 heteroatoms. The van der Waals surface area contributed by atoms with Gasteiger partial charge in [-0.1, -0.05) is 0 Å². The highest BCUT2D eigenvalue weighted by Crippen LogP contribution is 2.34. The summed E-state index contributed by atoms with van der Waals surface area (Å²) in [6.07, 6.45) is 0. The molecule has 1 aliphatic rings. The Morgan fingerprint density at radius 2 is 1.79 bits per heavy atom. The summed E-state index contributed by atoms with van der Waals surface area (Å²) < 4.78 is 21.5. The Kier molecular flexibility index (Phi) is 5.88. The number of hydrogen-bond donors (Lipinski definition) is 1. The van der Waals surface area contributed by atoms with E-state index in [-0.39, 0.29) is 18.4 Å². The van der Waals surface area contributed by atoms with Gasteiger partial charge in [-0.05, 0) is 24.3 Å². The molecule has 0 bridgehead atoms. The van der Waals surface area contributed by atoms with Crippen LogP contribution in [0.5, 0.6) is 23.0 Å². The molecule has 0 aromatic heterocycles. The molecule has 0 unspecified atom stereocenters. The molecule has 28 heavy (non-hydrogen) atoms. The van der Waals surface area contributed by atoms with Crippen LogP contribution in [0, 0.1) is 0 Å². The van der Waals surface area contributed by atoms with Gasteiger partial charge in [-0.25, -0.2) is 0 Å².